The largest absolute Gasteiger partial charge is 0.508 e. The second-order valence-corrected chi connectivity index (χ2v) is 11.1. The average Bonchev–Trinajstić information content (AvgIpc) is 2.88. The molecule has 208 valence electrons. The summed E-state index contributed by atoms with van der Waals surface area (Å²) >= 11 is 1.83. The first-order chi connectivity index (χ1) is 17.6. The van der Waals surface area contributed by atoms with Crippen molar-refractivity contribution in [1.29, 1.82) is 0 Å². The maximum Gasteiger partial charge on any atom is 0.329 e. The van der Waals surface area contributed by atoms with Gasteiger partial charge in [0.1, 0.15) is 18.1 Å². The molecule has 0 aliphatic rings. The van der Waals surface area contributed by atoms with Crippen molar-refractivity contribution in [3.05, 3.63) is 24.3 Å². The van der Waals surface area contributed by atoms with Crippen LogP contribution in [0.2, 0.25) is 0 Å². The Morgan fingerprint density at radius 2 is 1.33 bits per heavy atom. The molecule has 0 aliphatic heterocycles. The molecule has 4 N–H and O–H groups in total. The van der Waals surface area contributed by atoms with Gasteiger partial charge in [-0.2, -0.15) is 0 Å². The standard InChI is InChI=1S/C29H53N3O3S/c1-3-4-5-6-7-8-9-10-11-12-13-14-15-16-17-18-25-36-26(2)31-32-29(34)30-23-24-35-28-21-19-27(33)20-22-28/h19-22,26,31,33H,3-18,23-25H2,1-2H3,(H2,30,32,34). The van der Waals surface area contributed by atoms with Crippen LogP contribution < -0.4 is 20.9 Å². The lowest BCUT2D eigenvalue weighted by Crippen LogP contribution is -2.47. The van der Waals surface area contributed by atoms with Crippen LogP contribution in [-0.2, 0) is 0 Å². The molecule has 1 atom stereocenters. The zero-order valence-corrected chi connectivity index (χ0v) is 23.8. The summed E-state index contributed by atoms with van der Waals surface area (Å²) in [6.07, 6.45) is 22.3. The molecule has 0 saturated heterocycles. The number of carbonyl (C=O) groups excluding carboxylic acids is 1. The summed E-state index contributed by atoms with van der Waals surface area (Å²) in [6.45, 7) is 5.10. The molecule has 1 rings (SSSR count). The fourth-order valence-electron chi connectivity index (χ4n) is 4.04. The van der Waals surface area contributed by atoms with E-state index < -0.39 is 0 Å². The van der Waals surface area contributed by atoms with Gasteiger partial charge in [-0.15, -0.1) is 11.8 Å². The van der Waals surface area contributed by atoms with Gasteiger partial charge < -0.3 is 15.2 Å². The number of phenolic OH excluding ortho intramolecular Hbond substituents is 1. The van der Waals surface area contributed by atoms with Crippen molar-refractivity contribution in [3.63, 3.8) is 0 Å². The lowest BCUT2D eigenvalue weighted by atomic mass is 10.0. The van der Waals surface area contributed by atoms with E-state index in [1.807, 2.05) is 11.8 Å². The number of hydrazine groups is 1. The monoisotopic (exact) mass is 523 g/mol. The van der Waals surface area contributed by atoms with E-state index in [1.165, 1.54) is 103 Å². The molecule has 7 heteroatoms. The third-order valence-corrected chi connectivity index (χ3v) is 7.39. The zero-order chi connectivity index (χ0) is 26.1. The van der Waals surface area contributed by atoms with Crippen molar-refractivity contribution in [2.24, 2.45) is 0 Å². The Labute approximate surface area is 225 Å². The van der Waals surface area contributed by atoms with E-state index in [2.05, 4.69) is 30.0 Å². The Bertz CT molecular complexity index is 631. The van der Waals surface area contributed by atoms with E-state index in [1.54, 1.807) is 24.3 Å². The number of urea groups is 1. The summed E-state index contributed by atoms with van der Waals surface area (Å²) in [6, 6.07) is 6.25. The summed E-state index contributed by atoms with van der Waals surface area (Å²) in [5.74, 6) is 1.97. The number of unbranched alkanes of at least 4 members (excludes halogenated alkanes) is 15. The third-order valence-electron chi connectivity index (χ3n) is 6.25. The van der Waals surface area contributed by atoms with Crippen LogP contribution in [0.4, 0.5) is 4.79 Å². The second-order valence-electron chi connectivity index (χ2n) is 9.68. The number of aromatic hydroxyl groups is 1. The maximum atomic E-state index is 11.9. The predicted molar refractivity (Wildman–Crippen MR) is 155 cm³/mol. The molecule has 0 bridgehead atoms. The van der Waals surface area contributed by atoms with Gasteiger partial charge in [-0.05, 0) is 43.4 Å². The van der Waals surface area contributed by atoms with Crippen LogP contribution in [0.3, 0.4) is 0 Å². The first kappa shape index (κ1) is 32.4. The van der Waals surface area contributed by atoms with Gasteiger partial charge in [-0.3, -0.25) is 5.43 Å². The first-order valence-corrected chi connectivity index (χ1v) is 15.5. The van der Waals surface area contributed by atoms with Crippen molar-refractivity contribution < 1.29 is 14.6 Å². The summed E-state index contributed by atoms with van der Waals surface area (Å²) < 4.78 is 5.50. The van der Waals surface area contributed by atoms with Crippen molar-refractivity contribution in [2.75, 3.05) is 18.9 Å². The SMILES string of the molecule is CCCCCCCCCCCCCCCCCCSC(C)NNC(=O)NCCOc1ccc(O)cc1. The van der Waals surface area contributed by atoms with Gasteiger partial charge in [0.05, 0.1) is 11.9 Å². The second kappa shape index (κ2) is 23.8. The minimum Gasteiger partial charge on any atom is -0.508 e. The van der Waals surface area contributed by atoms with E-state index in [0.717, 1.165) is 5.75 Å². The van der Waals surface area contributed by atoms with Gasteiger partial charge in [-0.25, -0.2) is 10.2 Å². The molecular formula is C29H53N3O3S. The quantitative estimate of drug-likeness (QED) is 0.0628. The maximum absolute atomic E-state index is 11.9. The topological polar surface area (TPSA) is 82.6 Å². The number of nitrogens with one attached hydrogen (secondary N) is 3. The Morgan fingerprint density at radius 3 is 1.86 bits per heavy atom. The van der Waals surface area contributed by atoms with Crippen molar-refractivity contribution in [1.82, 2.24) is 16.2 Å². The summed E-state index contributed by atoms with van der Waals surface area (Å²) in [7, 11) is 0. The highest BCUT2D eigenvalue weighted by molar-refractivity contribution is 7.99. The van der Waals surface area contributed by atoms with E-state index in [9.17, 15) is 9.90 Å². The fraction of sp³-hybridized carbons (Fsp3) is 0.759. The number of rotatable bonds is 24. The van der Waals surface area contributed by atoms with Crippen molar-refractivity contribution >= 4 is 17.8 Å². The Kier molecular flexibility index (Phi) is 21.4. The predicted octanol–water partition coefficient (Wildman–Crippen LogP) is 7.92. The molecule has 1 aromatic carbocycles. The zero-order valence-electron chi connectivity index (χ0n) is 23.0. The van der Waals surface area contributed by atoms with Gasteiger partial charge in [0.15, 0.2) is 0 Å². The molecule has 0 heterocycles. The molecule has 0 saturated carbocycles. The number of amides is 2. The molecule has 0 radical (unpaired) electrons. The van der Waals surface area contributed by atoms with Crippen LogP contribution in [0.1, 0.15) is 117 Å². The molecule has 0 aliphatic carbocycles. The molecule has 0 fully saturated rings. The molecule has 0 spiro atoms. The molecule has 0 aromatic heterocycles. The molecule has 1 unspecified atom stereocenters. The third kappa shape index (κ3) is 20.6. The van der Waals surface area contributed by atoms with Crippen LogP contribution in [0.25, 0.3) is 0 Å². The van der Waals surface area contributed by atoms with Crippen LogP contribution >= 0.6 is 11.8 Å². The number of ether oxygens (including phenoxy) is 1. The van der Waals surface area contributed by atoms with Crippen molar-refractivity contribution in [2.45, 2.75) is 122 Å². The van der Waals surface area contributed by atoms with E-state index in [-0.39, 0.29) is 17.2 Å². The van der Waals surface area contributed by atoms with Gasteiger partial charge in [0, 0.05) is 0 Å². The van der Waals surface area contributed by atoms with E-state index >= 15 is 0 Å². The van der Waals surface area contributed by atoms with Gasteiger partial charge in [0.25, 0.3) is 0 Å². The molecule has 2 amide bonds. The van der Waals surface area contributed by atoms with Crippen LogP contribution in [0.5, 0.6) is 11.5 Å². The number of hydrogen-bond acceptors (Lipinski definition) is 5. The van der Waals surface area contributed by atoms with E-state index in [0.29, 0.717) is 18.9 Å². The lowest BCUT2D eigenvalue weighted by Gasteiger charge is -2.15. The Morgan fingerprint density at radius 1 is 0.833 bits per heavy atom. The number of benzene rings is 1. The number of carbonyl (C=O) groups is 1. The molecule has 1 aromatic rings. The van der Waals surface area contributed by atoms with E-state index in [4.69, 9.17) is 4.74 Å². The Hall–Kier alpha value is -1.60. The van der Waals surface area contributed by atoms with Gasteiger partial charge in [0.2, 0.25) is 0 Å². The van der Waals surface area contributed by atoms with Gasteiger partial charge in [-0.1, -0.05) is 103 Å². The van der Waals surface area contributed by atoms with Crippen LogP contribution in [0, 0.1) is 0 Å². The smallest absolute Gasteiger partial charge is 0.329 e. The molecular weight excluding hydrogens is 470 g/mol. The number of thioether (sulfide) groups is 1. The highest BCUT2D eigenvalue weighted by Gasteiger charge is 2.04. The summed E-state index contributed by atoms with van der Waals surface area (Å²) in [5.41, 5.74) is 5.72. The minimum atomic E-state index is -0.265. The molecule has 6 nitrogen and oxygen atoms in total. The van der Waals surface area contributed by atoms with Crippen LogP contribution in [0.15, 0.2) is 24.3 Å². The lowest BCUT2D eigenvalue weighted by molar-refractivity contribution is 0.232. The van der Waals surface area contributed by atoms with Crippen molar-refractivity contribution in [3.8, 4) is 11.5 Å². The number of phenols is 1. The van der Waals surface area contributed by atoms with Gasteiger partial charge >= 0.3 is 6.03 Å². The Balaban J connectivity index is 1.79. The highest BCUT2D eigenvalue weighted by atomic mass is 32.2. The number of hydrogen-bond donors (Lipinski definition) is 4. The average molecular weight is 524 g/mol. The summed E-state index contributed by atoms with van der Waals surface area (Å²) in [5, 5.41) is 12.2. The fourth-order valence-corrected chi connectivity index (χ4v) is 4.91. The highest BCUT2D eigenvalue weighted by Crippen LogP contribution is 2.16. The normalized spacial score (nSPS) is 11.8. The molecule has 36 heavy (non-hydrogen) atoms. The summed E-state index contributed by atoms with van der Waals surface area (Å²) in [4.78, 5) is 11.9. The van der Waals surface area contributed by atoms with Crippen LogP contribution in [-0.4, -0.2) is 35.4 Å². The first-order valence-electron chi connectivity index (χ1n) is 14.4. The minimum absolute atomic E-state index is 0.167.